The lowest BCUT2D eigenvalue weighted by atomic mass is 10.0. The summed E-state index contributed by atoms with van der Waals surface area (Å²) in [6.07, 6.45) is -3.69. The Labute approximate surface area is 213 Å². The maximum atomic E-state index is 13.3. The molecule has 0 amide bonds. The van der Waals surface area contributed by atoms with Crippen LogP contribution >= 0.6 is 0 Å². The standard InChI is InChI=1S/C27H27F3O6S/c1-26(2,3)36-25(32)23-20(11-14-22(24(23)31)27(28,29)30)15-35-21-12-9-19(10-13-21)18-7-5-17(6-8-18)16-37(4,33)34/h5-14,31H,15-16H2,1-4H3. The third kappa shape index (κ3) is 7.72. The highest BCUT2D eigenvalue weighted by molar-refractivity contribution is 7.89. The lowest BCUT2D eigenvalue weighted by Gasteiger charge is -2.22. The van der Waals surface area contributed by atoms with Crippen molar-refractivity contribution in [3.63, 3.8) is 0 Å². The van der Waals surface area contributed by atoms with Crippen molar-refractivity contribution in [3.8, 4) is 22.6 Å². The van der Waals surface area contributed by atoms with Crippen molar-refractivity contribution in [1.82, 2.24) is 0 Å². The number of phenols is 1. The molecule has 3 aromatic carbocycles. The maximum Gasteiger partial charge on any atom is 0.419 e. The van der Waals surface area contributed by atoms with Gasteiger partial charge in [-0.15, -0.1) is 0 Å². The first-order valence-corrected chi connectivity index (χ1v) is 13.2. The van der Waals surface area contributed by atoms with E-state index in [0.29, 0.717) is 17.4 Å². The number of carbonyl (C=O) groups is 1. The van der Waals surface area contributed by atoms with E-state index in [-0.39, 0.29) is 17.9 Å². The van der Waals surface area contributed by atoms with Crippen LogP contribution in [0.3, 0.4) is 0 Å². The van der Waals surface area contributed by atoms with Crippen LogP contribution in [0.25, 0.3) is 11.1 Å². The zero-order valence-electron chi connectivity index (χ0n) is 20.7. The first-order chi connectivity index (χ1) is 17.0. The van der Waals surface area contributed by atoms with Gasteiger partial charge in [-0.2, -0.15) is 13.2 Å². The summed E-state index contributed by atoms with van der Waals surface area (Å²) in [4.78, 5) is 12.7. The number of alkyl halides is 3. The molecule has 0 radical (unpaired) electrons. The highest BCUT2D eigenvalue weighted by atomic mass is 32.2. The van der Waals surface area contributed by atoms with Gasteiger partial charge in [0, 0.05) is 11.8 Å². The third-order valence-electron chi connectivity index (χ3n) is 5.14. The second-order valence-electron chi connectivity index (χ2n) is 9.58. The van der Waals surface area contributed by atoms with Gasteiger partial charge in [-0.25, -0.2) is 13.2 Å². The van der Waals surface area contributed by atoms with Gasteiger partial charge in [0.2, 0.25) is 0 Å². The van der Waals surface area contributed by atoms with Gasteiger partial charge in [0.25, 0.3) is 0 Å². The molecule has 0 spiro atoms. The summed E-state index contributed by atoms with van der Waals surface area (Å²) in [6.45, 7) is 4.39. The molecule has 0 aliphatic heterocycles. The van der Waals surface area contributed by atoms with Crippen LogP contribution in [0.5, 0.6) is 11.5 Å². The van der Waals surface area contributed by atoms with Gasteiger partial charge in [-0.3, -0.25) is 0 Å². The summed E-state index contributed by atoms with van der Waals surface area (Å²) >= 11 is 0. The van der Waals surface area contributed by atoms with Crippen molar-refractivity contribution in [3.05, 3.63) is 82.9 Å². The number of hydrogen-bond acceptors (Lipinski definition) is 6. The van der Waals surface area contributed by atoms with Gasteiger partial charge in [-0.1, -0.05) is 42.5 Å². The van der Waals surface area contributed by atoms with Gasteiger partial charge in [0.15, 0.2) is 9.84 Å². The fourth-order valence-corrected chi connectivity index (χ4v) is 4.34. The Hall–Kier alpha value is -3.53. The number of sulfone groups is 1. The monoisotopic (exact) mass is 536 g/mol. The molecule has 6 nitrogen and oxygen atoms in total. The number of benzene rings is 3. The molecule has 3 rings (SSSR count). The third-order valence-corrected chi connectivity index (χ3v) is 6.00. The molecular formula is C27H27F3O6S. The van der Waals surface area contributed by atoms with Crippen LogP contribution in [-0.2, 0) is 33.1 Å². The zero-order chi connectivity index (χ0) is 27.6. The number of rotatable bonds is 7. The van der Waals surface area contributed by atoms with Crippen LogP contribution < -0.4 is 4.74 Å². The SMILES string of the molecule is CC(C)(C)OC(=O)c1c(COc2ccc(-c3ccc(CS(C)(=O)=O)cc3)cc2)ccc(C(F)(F)F)c1O. The summed E-state index contributed by atoms with van der Waals surface area (Å²) in [5.74, 6) is -1.97. The highest BCUT2D eigenvalue weighted by Crippen LogP contribution is 2.39. The van der Waals surface area contributed by atoms with Crippen LogP contribution in [0.4, 0.5) is 13.2 Å². The first kappa shape index (κ1) is 28.0. The fourth-order valence-electron chi connectivity index (χ4n) is 3.54. The van der Waals surface area contributed by atoms with E-state index in [9.17, 15) is 31.5 Å². The van der Waals surface area contributed by atoms with Crippen molar-refractivity contribution < 1.29 is 41.0 Å². The van der Waals surface area contributed by atoms with Crippen molar-refractivity contribution in [2.45, 2.75) is 44.9 Å². The molecule has 0 saturated carbocycles. The smallest absolute Gasteiger partial charge is 0.419 e. The van der Waals surface area contributed by atoms with Crippen LogP contribution in [-0.4, -0.2) is 31.4 Å². The second-order valence-corrected chi connectivity index (χ2v) is 11.7. The average molecular weight is 537 g/mol. The Kier molecular flexibility index (Phi) is 7.92. The van der Waals surface area contributed by atoms with Gasteiger partial charge in [0.1, 0.15) is 29.3 Å². The Bertz CT molecular complexity index is 1370. The van der Waals surface area contributed by atoms with Crippen molar-refractivity contribution in [2.24, 2.45) is 0 Å². The molecule has 0 saturated heterocycles. The van der Waals surface area contributed by atoms with Gasteiger partial charge >= 0.3 is 12.1 Å². The van der Waals surface area contributed by atoms with E-state index < -0.39 is 44.5 Å². The molecule has 198 valence electrons. The molecule has 0 fully saturated rings. The molecule has 3 aromatic rings. The number of aromatic hydroxyl groups is 1. The molecule has 0 aliphatic rings. The molecule has 1 N–H and O–H groups in total. The molecule has 37 heavy (non-hydrogen) atoms. The van der Waals surface area contributed by atoms with Crippen molar-refractivity contribution >= 4 is 15.8 Å². The number of carbonyl (C=O) groups excluding carboxylic acids is 1. The average Bonchev–Trinajstić information content (AvgIpc) is 2.75. The Balaban J connectivity index is 1.81. The van der Waals surface area contributed by atoms with E-state index in [1.165, 1.54) is 6.26 Å². The predicted molar refractivity (Wildman–Crippen MR) is 133 cm³/mol. The van der Waals surface area contributed by atoms with Crippen LogP contribution in [0.15, 0.2) is 60.7 Å². The van der Waals surface area contributed by atoms with Crippen molar-refractivity contribution in [2.75, 3.05) is 6.26 Å². The fraction of sp³-hybridized carbons (Fsp3) is 0.296. The second kappa shape index (κ2) is 10.5. The number of phenolic OH excluding ortho intramolecular Hbond substituents is 1. The lowest BCUT2D eigenvalue weighted by molar-refractivity contribution is -0.138. The van der Waals surface area contributed by atoms with E-state index in [1.54, 1.807) is 69.3 Å². The Morgan fingerprint density at radius 2 is 1.43 bits per heavy atom. The molecule has 0 aromatic heterocycles. The van der Waals surface area contributed by atoms with Gasteiger partial charge in [0.05, 0.1) is 11.3 Å². The normalized spacial score (nSPS) is 12.3. The number of hydrogen-bond donors (Lipinski definition) is 1. The Morgan fingerprint density at radius 1 is 0.892 bits per heavy atom. The number of ether oxygens (including phenoxy) is 2. The molecule has 0 heterocycles. The summed E-state index contributed by atoms with van der Waals surface area (Å²) in [5, 5.41) is 10.3. The molecule has 10 heteroatoms. The van der Waals surface area contributed by atoms with E-state index in [0.717, 1.165) is 17.2 Å². The molecule has 0 bridgehead atoms. The molecular weight excluding hydrogens is 509 g/mol. The van der Waals surface area contributed by atoms with Crippen LogP contribution in [0.2, 0.25) is 0 Å². The van der Waals surface area contributed by atoms with Crippen molar-refractivity contribution in [1.29, 1.82) is 0 Å². The molecule has 0 unspecified atom stereocenters. The predicted octanol–water partition coefficient (Wildman–Crippen LogP) is 6.16. The zero-order valence-corrected chi connectivity index (χ0v) is 21.5. The summed E-state index contributed by atoms with van der Waals surface area (Å²) in [6, 6.07) is 15.7. The first-order valence-electron chi connectivity index (χ1n) is 11.2. The van der Waals surface area contributed by atoms with Gasteiger partial charge in [-0.05, 0) is 55.7 Å². The minimum absolute atomic E-state index is 0.0327. The summed E-state index contributed by atoms with van der Waals surface area (Å²) in [7, 11) is -3.14. The van der Waals surface area contributed by atoms with Crippen LogP contribution in [0, 0.1) is 0 Å². The molecule has 0 aliphatic carbocycles. The largest absolute Gasteiger partial charge is 0.506 e. The summed E-state index contributed by atoms with van der Waals surface area (Å²) in [5.41, 5.74) is -0.547. The maximum absolute atomic E-state index is 13.3. The Morgan fingerprint density at radius 3 is 1.92 bits per heavy atom. The minimum Gasteiger partial charge on any atom is -0.506 e. The van der Waals surface area contributed by atoms with E-state index >= 15 is 0 Å². The minimum atomic E-state index is -4.86. The lowest BCUT2D eigenvalue weighted by Crippen LogP contribution is -2.25. The quantitative estimate of drug-likeness (QED) is 0.364. The van der Waals surface area contributed by atoms with E-state index in [1.807, 2.05) is 0 Å². The molecule has 0 atom stereocenters. The topological polar surface area (TPSA) is 89.9 Å². The van der Waals surface area contributed by atoms with Crippen LogP contribution in [0.1, 0.15) is 47.8 Å². The number of esters is 1. The number of halogens is 3. The summed E-state index contributed by atoms with van der Waals surface area (Å²) < 4.78 is 73.7. The van der Waals surface area contributed by atoms with Gasteiger partial charge < -0.3 is 14.6 Å². The highest BCUT2D eigenvalue weighted by Gasteiger charge is 2.37. The van der Waals surface area contributed by atoms with E-state index in [4.69, 9.17) is 9.47 Å². The van der Waals surface area contributed by atoms with E-state index in [2.05, 4.69) is 0 Å².